The van der Waals surface area contributed by atoms with Gasteiger partial charge in [0.1, 0.15) is 0 Å². The molecule has 7 heteroatoms. The van der Waals surface area contributed by atoms with Crippen molar-refractivity contribution < 1.29 is 14.7 Å². The zero-order valence-electron chi connectivity index (χ0n) is 10.5. The van der Waals surface area contributed by atoms with Crippen molar-refractivity contribution in [2.45, 2.75) is 12.8 Å². The van der Waals surface area contributed by atoms with Crippen LogP contribution in [0.3, 0.4) is 0 Å². The number of thiazole rings is 1. The monoisotopic (exact) mass is 291 g/mol. The zero-order chi connectivity index (χ0) is 14.5. The minimum Gasteiger partial charge on any atom is -0.481 e. The van der Waals surface area contributed by atoms with Crippen LogP contribution in [0.1, 0.15) is 11.3 Å². The van der Waals surface area contributed by atoms with Crippen LogP contribution in [0.2, 0.25) is 0 Å². The number of aromatic nitrogens is 1. The number of nitrogen functional groups attached to an aromatic ring is 1. The fourth-order valence-corrected chi connectivity index (χ4v) is 2.28. The molecule has 2 rings (SSSR count). The van der Waals surface area contributed by atoms with Gasteiger partial charge in [0.2, 0.25) is 5.91 Å². The number of carboxylic acid groups (broad SMARTS) is 1. The summed E-state index contributed by atoms with van der Waals surface area (Å²) in [4.78, 5) is 26.7. The number of nitrogens with one attached hydrogen (secondary N) is 1. The molecule has 104 valence electrons. The summed E-state index contributed by atoms with van der Waals surface area (Å²) in [5.41, 5.74) is 7.16. The van der Waals surface area contributed by atoms with Gasteiger partial charge in [-0.15, -0.1) is 11.3 Å². The van der Waals surface area contributed by atoms with E-state index in [1.165, 1.54) is 11.3 Å². The van der Waals surface area contributed by atoms with Gasteiger partial charge in [-0.1, -0.05) is 18.2 Å². The third-order valence-corrected chi connectivity index (χ3v) is 3.27. The van der Waals surface area contributed by atoms with Crippen LogP contribution in [0.25, 0.3) is 0 Å². The largest absolute Gasteiger partial charge is 0.481 e. The first kappa shape index (κ1) is 14.0. The molecule has 2 aromatic rings. The standard InChI is InChI=1S/C13H13N3O3S/c14-13-15-9(7-20-13)6-11(17)16-10-4-2-1-3-8(10)5-12(18)19/h1-4,7H,5-6H2,(H2,14,15)(H,16,17)(H,18,19). The lowest BCUT2D eigenvalue weighted by atomic mass is 10.1. The Morgan fingerprint density at radius 3 is 2.70 bits per heavy atom. The summed E-state index contributed by atoms with van der Waals surface area (Å²) in [6.45, 7) is 0. The van der Waals surface area contributed by atoms with Crippen LogP contribution in [0, 0.1) is 0 Å². The number of hydrogen-bond donors (Lipinski definition) is 3. The lowest BCUT2D eigenvalue weighted by molar-refractivity contribution is -0.136. The number of rotatable bonds is 5. The summed E-state index contributed by atoms with van der Waals surface area (Å²) in [5, 5.41) is 13.7. The highest BCUT2D eigenvalue weighted by Crippen LogP contribution is 2.17. The van der Waals surface area contributed by atoms with Gasteiger partial charge in [0.25, 0.3) is 0 Å². The Morgan fingerprint density at radius 2 is 2.05 bits per heavy atom. The lowest BCUT2D eigenvalue weighted by Gasteiger charge is -2.09. The maximum absolute atomic E-state index is 11.9. The van der Waals surface area contributed by atoms with Gasteiger partial charge < -0.3 is 16.2 Å². The summed E-state index contributed by atoms with van der Waals surface area (Å²) in [6, 6.07) is 6.81. The number of anilines is 2. The molecule has 6 nitrogen and oxygen atoms in total. The van der Waals surface area contributed by atoms with Crippen LogP contribution in [0.4, 0.5) is 10.8 Å². The fraction of sp³-hybridized carbons (Fsp3) is 0.154. The van der Waals surface area contributed by atoms with E-state index in [1.807, 2.05) is 0 Å². The summed E-state index contributed by atoms with van der Waals surface area (Å²) in [7, 11) is 0. The van der Waals surface area contributed by atoms with E-state index in [0.29, 0.717) is 22.1 Å². The average Bonchev–Trinajstić information content (AvgIpc) is 2.76. The maximum atomic E-state index is 11.9. The van der Waals surface area contributed by atoms with Crippen molar-refractivity contribution in [2.24, 2.45) is 0 Å². The van der Waals surface area contributed by atoms with Crippen LogP contribution < -0.4 is 11.1 Å². The van der Waals surface area contributed by atoms with E-state index in [2.05, 4.69) is 10.3 Å². The molecule has 0 saturated carbocycles. The van der Waals surface area contributed by atoms with Gasteiger partial charge in [-0.3, -0.25) is 9.59 Å². The molecule has 0 radical (unpaired) electrons. The minimum atomic E-state index is -0.945. The first-order chi connectivity index (χ1) is 9.54. The number of carbonyl (C=O) groups excluding carboxylic acids is 1. The van der Waals surface area contributed by atoms with E-state index >= 15 is 0 Å². The molecule has 0 fully saturated rings. The van der Waals surface area contributed by atoms with E-state index in [1.54, 1.807) is 29.6 Å². The Balaban J connectivity index is 2.05. The second-order valence-electron chi connectivity index (χ2n) is 4.13. The van der Waals surface area contributed by atoms with Crippen LogP contribution in [0.5, 0.6) is 0 Å². The predicted molar refractivity (Wildman–Crippen MR) is 76.6 cm³/mol. The number of amides is 1. The molecule has 1 aromatic heterocycles. The van der Waals surface area contributed by atoms with E-state index in [-0.39, 0.29) is 18.7 Å². The van der Waals surface area contributed by atoms with Crippen molar-refractivity contribution >= 4 is 34.0 Å². The topological polar surface area (TPSA) is 105 Å². The summed E-state index contributed by atoms with van der Waals surface area (Å²) in [6.07, 6.45) is -0.0325. The van der Waals surface area contributed by atoms with E-state index in [0.717, 1.165) is 0 Å². The number of carbonyl (C=O) groups is 2. The molecule has 0 aliphatic carbocycles. The molecule has 0 saturated heterocycles. The zero-order valence-corrected chi connectivity index (χ0v) is 11.3. The maximum Gasteiger partial charge on any atom is 0.307 e. The number of hydrogen-bond acceptors (Lipinski definition) is 5. The number of benzene rings is 1. The second kappa shape index (κ2) is 6.16. The highest BCUT2D eigenvalue weighted by molar-refractivity contribution is 7.13. The lowest BCUT2D eigenvalue weighted by Crippen LogP contribution is -2.16. The van der Waals surface area contributed by atoms with E-state index in [9.17, 15) is 9.59 Å². The van der Waals surface area contributed by atoms with Gasteiger partial charge in [0.15, 0.2) is 5.13 Å². The van der Waals surface area contributed by atoms with Crippen LogP contribution in [-0.4, -0.2) is 22.0 Å². The number of nitrogens with two attached hydrogens (primary N) is 1. The number of para-hydroxylation sites is 1. The van der Waals surface area contributed by atoms with Crippen molar-refractivity contribution in [2.75, 3.05) is 11.1 Å². The molecule has 1 amide bonds. The Hall–Kier alpha value is -2.41. The molecule has 0 aliphatic rings. The van der Waals surface area contributed by atoms with Crippen LogP contribution in [-0.2, 0) is 22.4 Å². The van der Waals surface area contributed by atoms with Crippen molar-refractivity contribution in [3.8, 4) is 0 Å². The Bertz CT molecular complexity index is 639. The molecule has 1 heterocycles. The summed E-state index contributed by atoms with van der Waals surface area (Å²) < 4.78 is 0. The third-order valence-electron chi connectivity index (χ3n) is 2.54. The SMILES string of the molecule is Nc1nc(CC(=O)Nc2ccccc2CC(=O)O)cs1. The van der Waals surface area contributed by atoms with Crippen molar-refractivity contribution in [3.05, 3.63) is 40.9 Å². The third kappa shape index (κ3) is 3.79. The first-order valence-corrected chi connectivity index (χ1v) is 6.72. The molecule has 0 atom stereocenters. The molecule has 0 spiro atoms. The van der Waals surface area contributed by atoms with Crippen LogP contribution >= 0.6 is 11.3 Å². The smallest absolute Gasteiger partial charge is 0.307 e. The van der Waals surface area contributed by atoms with Gasteiger partial charge in [-0.2, -0.15) is 0 Å². The highest BCUT2D eigenvalue weighted by Gasteiger charge is 2.11. The molecule has 0 bridgehead atoms. The molecule has 20 heavy (non-hydrogen) atoms. The van der Waals surface area contributed by atoms with E-state index < -0.39 is 5.97 Å². The fourth-order valence-electron chi connectivity index (χ4n) is 1.72. The highest BCUT2D eigenvalue weighted by atomic mass is 32.1. The quantitative estimate of drug-likeness (QED) is 0.774. The average molecular weight is 291 g/mol. The molecular weight excluding hydrogens is 278 g/mol. The molecular formula is C13H13N3O3S. The Labute approximate surface area is 119 Å². The van der Waals surface area contributed by atoms with Gasteiger partial charge >= 0.3 is 5.97 Å². The van der Waals surface area contributed by atoms with Gasteiger partial charge in [-0.05, 0) is 11.6 Å². The van der Waals surface area contributed by atoms with E-state index in [4.69, 9.17) is 10.8 Å². The van der Waals surface area contributed by atoms with Gasteiger partial charge in [0, 0.05) is 11.1 Å². The minimum absolute atomic E-state index is 0.106. The summed E-state index contributed by atoms with van der Waals surface area (Å²) >= 11 is 1.27. The Kier molecular flexibility index (Phi) is 4.31. The number of carboxylic acids is 1. The van der Waals surface area contributed by atoms with Crippen molar-refractivity contribution in [3.63, 3.8) is 0 Å². The normalized spacial score (nSPS) is 10.2. The number of aliphatic carboxylic acids is 1. The Morgan fingerprint density at radius 1 is 1.30 bits per heavy atom. The van der Waals surface area contributed by atoms with Gasteiger partial charge in [-0.25, -0.2) is 4.98 Å². The summed E-state index contributed by atoms with van der Waals surface area (Å²) in [5.74, 6) is -1.20. The van der Waals surface area contributed by atoms with Crippen molar-refractivity contribution in [1.82, 2.24) is 4.98 Å². The molecule has 0 unspecified atom stereocenters. The van der Waals surface area contributed by atoms with Crippen LogP contribution in [0.15, 0.2) is 29.6 Å². The molecule has 0 aliphatic heterocycles. The van der Waals surface area contributed by atoms with Crippen molar-refractivity contribution in [1.29, 1.82) is 0 Å². The molecule has 1 aromatic carbocycles. The van der Waals surface area contributed by atoms with Gasteiger partial charge in [0.05, 0.1) is 18.5 Å². The second-order valence-corrected chi connectivity index (χ2v) is 5.02. The predicted octanol–water partition coefficient (Wildman–Crippen LogP) is 1.53. The first-order valence-electron chi connectivity index (χ1n) is 5.84. The number of nitrogens with zero attached hydrogens (tertiary/aromatic N) is 1. The molecule has 4 N–H and O–H groups in total.